The molecule has 5 heteroatoms. The summed E-state index contributed by atoms with van der Waals surface area (Å²) in [7, 11) is 0. The second-order valence-electron chi connectivity index (χ2n) is 4.77. The average molecular weight is 258 g/mol. The number of rotatable bonds is 3. The molecular weight excluding hydrogens is 240 g/mol. The molecule has 2 rings (SSSR count). The Morgan fingerprint density at radius 3 is 2.47 bits per heavy atom. The summed E-state index contributed by atoms with van der Waals surface area (Å²) in [5.41, 5.74) is 10.3. The molecule has 0 atom stereocenters. The monoisotopic (exact) mass is 258 g/mol. The van der Waals surface area contributed by atoms with Gasteiger partial charge in [0.1, 0.15) is 5.82 Å². The molecule has 1 heterocycles. The van der Waals surface area contributed by atoms with Crippen molar-refractivity contribution in [2.24, 2.45) is 0 Å². The zero-order valence-electron chi connectivity index (χ0n) is 11.4. The van der Waals surface area contributed by atoms with Crippen molar-refractivity contribution in [3.8, 4) is 0 Å². The number of aromatic amines is 1. The molecule has 0 aliphatic carbocycles. The quantitative estimate of drug-likeness (QED) is 0.785. The summed E-state index contributed by atoms with van der Waals surface area (Å²) in [6.45, 7) is 6.28. The first-order valence-corrected chi connectivity index (χ1v) is 6.13. The molecule has 0 spiro atoms. The number of nitrogens with zero attached hydrogens (tertiary/aromatic N) is 1. The van der Waals surface area contributed by atoms with Gasteiger partial charge in [0.25, 0.3) is 5.91 Å². The molecule has 100 valence electrons. The SMILES string of the molecule is Cc1cc(C)c(C(=O)NCc2cn[nH]c2N)c(C)c1. The maximum Gasteiger partial charge on any atom is 0.252 e. The number of amides is 1. The van der Waals surface area contributed by atoms with Gasteiger partial charge in [-0.2, -0.15) is 5.10 Å². The predicted octanol–water partition coefficient (Wildman–Crippen LogP) is 1.85. The lowest BCUT2D eigenvalue weighted by molar-refractivity contribution is 0.0950. The molecule has 1 amide bonds. The number of anilines is 1. The summed E-state index contributed by atoms with van der Waals surface area (Å²) in [6.07, 6.45) is 1.62. The highest BCUT2D eigenvalue weighted by Gasteiger charge is 2.13. The van der Waals surface area contributed by atoms with E-state index in [2.05, 4.69) is 15.5 Å². The van der Waals surface area contributed by atoms with Crippen molar-refractivity contribution in [2.75, 3.05) is 5.73 Å². The van der Waals surface area contributed by atoms with Crippen LogP contribution in [0.2, 0.25) is 0 Å². The van der Waals surface area contributed by atoms with Crippen molar-refractivity contribution in [3.05, 3.63) is 46.1 Å². The molecule has 0 unspecified atom stereocenters. The van der Waals surface area contributed by atoms with Crippen LogP contribution in [0.1, 0.15) is 32.6 Å². The van der Waals surface area contributed by atoms with Crippen LogP contribution in [0.4, 0.5) is 5.82 Å². The topological polar surface area (TPSA) is 83.8 Å². The van der Waals surface area contributed by atoms with Crippen molar-refractivity contribution in [1.29, 1.82) is 0 Å². The number of carbonyl (C=O) groups excluding carboxylic acids is 1. The minimum Gasteiger partial charge on any atom is -0.384 e. The largest absolute Gasteiger partial charge is 0.384 e. The van der Waals surface area contributed by atoms with E-state index < -0.39 is 0 Å². The van der Waals surface area contributed by atoms with Crippen LogP contribution in [0.3, 0.4) is 0 Å². The van der Waals surface area contributed by atoms with E-state index in [1.807, 2.05) is 32.9 Å². The van der Waals surface area contributed by atoms with Crippen molar-refractivity contribution in [3.63, 3.8) is 0 Å². The van der Waals surface area contributed by atoms with Gasteiger partial charge in [0.15, 0.2) is 0 Å². The highest BCUT2D eigenvalue weighted by molar-refractivity contribution is 5.97. The molecule has 0 saturated heterocycles. The van der Waals surface area contributed by atoms with Gasteiger partial charge in [-0.05, 0) is 31.9 Å². The maximum atomic E-state index is 12.2. The molecule has 0 bridgehead atoms. The molecule has 5 nitrogen and oxygen atoms in total. The van der Waals surface area contributed by atoms with Crippen molar-refractivity contribution >= 4 is 11.7 Å². The number of benzene rings is 1. The highest BCUT2D eigenvalue weighted by atomic mass is 16.1. The van der Waals surface area contributed by atoms with Crippen LogP contribution in [-0.4, -0.2) is 16.1 Å². The fourth-order valence-electron chi connectivity index (χ4n) is 2.26. The van der Waals surface area contributed by atoms with E-state index >= 15 is 0 Å². The minimum atomic E-state index is -0.0874. The van der Waals surface area contributed by atoms with Crippen molar-refractivity contribution in [1.82, 2.24) is 15.5 Å². The minimum absolute atomic E-state index is 0.0874. The number of aryl methyl sites for hydroxylation is 3. The number of nitrogens with two attached hydrogens (primary N) is 1. The number of aromatic nitrogens is 2. The van der Waals surface area contributed by atoms with Crippen LogP contribution < -0.4 is 11.1 Å². The zero-order chi connectivity index (χ0) is 14.0. The smallest absolute Gasteiger partial charge is 0.252 e. The van der Waals surface area contributed by atoms with Gasteiger partial charge in [0.2, 0.25) is 0 Å². The third-order valence-corrected chi connectivity index (χ3v) is 3.09. The van der Waals surface area contributed by atoms with Crippen molar-refractivity contribution < 1.29 is 4.79 Å². The highest BCUT2D eigenvalue weighted by Crippen LogP contribution is 2.16. The first-order chi connectivity index (χ1) is 8.99. The van der Waals surface area contributed by atoms with Gasteiger partial charge in [-0.15, -0.1) is 0 Å². The van der Waals surface area contributed by atoms with E-state index in [-0.39, 0.29) is 5.91 Å². The van der Waals surface area contributed by atoms with E-state index in [4.69, 9.17) is 5.73 Å². The number of carbonyl (C=O) groups is 1. The van der Waals surface area contributed by atoms with Crippen LogP contribution in [0.15, 0.2) is 18.3 Å². The Morgan fingerprint density at radius 2 is 1.95 bits per heavy atom. The van der Waals surface area contributed by atoms with E-state index in [9.17, 15) is 4.79 Å². The second kappa shape index (κ2) is 5.14. The van der Waals surface area contributed by atoms with E-state index in [1.165, 1.54) is 0 Å². The lowest BCUT2D eigenvalue weighted by atomic mass is 9.99. The fraction of sp³-hybridized carbons (Fsp3) is 0.286. The van der Waals surface area contributed by atoms with Crippen molar-refractivity contribution in [2.45, 2.75) is 27.3 Å². The summed E-state index contributed by atoms with van der Waals surface area (Å²) >= 11 is 0. The molecule has 19 heavy (non-hydrogen) atoms. The summed E-state index contributed by atoms with van der Waals surface area (Å²) in [5.74, 6) is 0.397. The Labute approximate surface area is 112 Å². The summed E-state index contributed by atoms with van der Waals surface area (Å²) in [4.78, 5) is 12.2. The fourth-order valence-corrected chi connectivity index (χ4v) is 2.26. The number of nitrogen functional groups attached to an aromatic ring is 1. The molecule has 1 aromatic heterocycles. The molecule has 4 N–H and O–H groups in total. The van der Waals surface area contributed by atoms with Crippen LogP contribution in [0, 0.1) is 20.8 Å². The molecule has 0 radical (unpaired) electrons. The Morgan fingerprint density at radius 1 is 1.32 bits per heavy atom. The zero-order valence-corrected chi connectivity index (χ0v) is 11.4. The van der Waals surface area contributed by atoms with Gasteiger partial charge in [-0.25, -0.2) is 0 Å². The number of hydrogen-bond acceptors (Lipinski definition) is 3. The first kappa shape index (κ1) is 13.1. The Kier molecular flexibility index (Phi) is 3.55. The van der Waals surface area contributed by atoms with Gasteiger partial charge in [-0.1, -0.05) is 17.7 Å². The van der Waals surface area contributed by atoms with Gasteiger partial charge in [-0.3, -0.25) is 9.89 Å². The number of nitrogens with one attached hydrogen (secondary N) is 2. The third-order valence-electron chi connectivity index (χ3n) is 3.09. The van der Waals surface area contributed by atoms with Gasteiger partial charge in [0.05, 0.1) is 6.20 Å². The Balaban J connectivity index is 2.15. The molecule has 0 aliphatic rings. The van der Waals surface area contributed by atoms with E-state index in [0.29, 0.717) is 12.4 Å². The first-order valence-electron chi connectivity index (χ1n) is 6.13. The second-order valence-corrected chi connectivity index (χ2v) is 4.77. The van der Waals surface area contributed by atoms with E-state index in [0.717, 1.165) is 27.8 Å². The van der Waals surface area contributed by atoms with Crippen LogP contribution >= 0.6 is 0 Å². The van der Waals surface area contributed by atoms with Crippen LogP contribution in [-0.2, 0) is 6.54 Å². The summed E-state index contributed by atoms with van der Waals surface area (Å²) in [5, 5.41) is 9.32. The van der Waals surface area contributed by atoms with Gasteiger partial charge in [0, 0.05) is 17.7 Å². The third kappa shape index (κ3) is 2.76. The lowest BCUT2D eigenvalue weighted by Gasteiger charge is -2.11. The summed E-state index contributed by atoms with van der Waals surface area (Å²) in [6, 6.07) is 4.02. The molecule has 2 aromatic rings. The molecule has 0 fully saturated rings. The molecule has 1 aromatic carbocycles. The van der Waals surface area contributed by atoms with Gasteiger partial charge < -0.3 is 11.1 Å². The number of H-pyrrole nitrogens is 1. The average Bonchev–Trinajstić information content (AvgIpc) is 2.70. The molecule has 0 aliphatic heterocycles. The summed E-state index contributed by atoms with van der Waals surface area (Å²) < 4.78 is 0. The standard InChI is InChI=1S/C14H18N4O/c1-8-4-9(2)12(10(3)5-8)14(19)16-6-11-7-17-18-13(11)15/h4-5,7H,6H2,1-3H3,(H,16,19)(H3,15,17,18). The van der Waals surface area contributed by atoms with Crippen LogP contribution in [0.5, 0.6) is 0 Å². The Hall–Kier alpha value is -2.30. The Bertz CT molecular complexity index is 593. The van der Waals surface area contributed by atoms with E-state index in [1.54, 1.807) is 6.20 Å². The molecular formula is C14H18N4O. The maximum absolute atomic E-state index is 12.2. The predicted molar refractivity (Wildman–Crippen MR) is 74.8 cm³/mol. The number of hydrogen-bond donors (Lipinski definition) is 3. The van der Waals surface area contributed by atoms with Gasteiger partial charge >= 0.3 is 0 Å². The normalized spacial score (nSPS) is 10.5. The van der Waals surface area contributed by atoms with Crippen LogP contribution in [0.25, 0.3) is 0 Å². The lowest BCUT2D eigenvalue weighted by Crippen LogP contribution is -2.24. The molecule has 0 saturated carbocycles.